The SMILES string of the molecule is C#CCNC(=O)CN(C)CC(=O)NCCOC. The third-order valence-corrected chi connectivity index (χ3v) is 1.84. The molecule has 96 valence electrons. The zero-order chi connectivity index (χ0) is 13.1. The number of carbonyl (C=O) groups is 2. The Hall–Kier alpha value is -1.58. The minimum absolute atomic E-state index is 0.138. The van der Waals surface area contributed by atoms with Crippen LogP contribution in [-0.4, -0.2) is 63.7 Å². The Morgan fingerprint density at radius 2 is 1.88 bits per heavy atom. The van der Waals surface area contributed by atoms with Gasteiger partial charge >= 0.3 is 0 Å². The molecule has 0 spiro atoms. The summed E-state index contributed by atoms with van der Waals surface area (Å²) in [5.74, 6) is 1.96. The van der Waals surface area contributed by atoms with Gasteiger partial charge < -0.3 is 15.4 Å². The molecule has 0 unspecified atom stereocenters. The summed E-state index contributed by atoms with van der Waals surface area (Å²) in [6.45, 7) is 1.43. The number of hydrogen-bond acceptors (Lipinski definition) is 4. The topological polar surface area (TPSA) is 70.7 Å². The van der Waals surface area contributed by atoms with Crippen molar-refractivity contribution in [3.63, 3.8) is 0 Å². The minimum atomic E-state index is -0.199. The van der Waals surface area contributed by atoms with Gasteiger partial charge in [-0.15, -0.1) is 6.42 Å². The lowest BCUT2D eigenvalue weighted by atomic mass is 10.4. The van der Waals surface area contributed by atoms with Crippen molar-refractivity contribution in [3.05, 3.63) is 0 Å². The summed E-state index contributed by atoms with van der Waals surface area (Å²) in [7, 11) is 3.25. The van der Waals surface area contributed by atoms with Gasteiger partial charge in [0.05, 0.1) is 26.2 Å². The number of hydrogen-bond donors (Lipinski definition) is 2. The maximum absolute atomic E-state index is 11.4. The molecule has 0 heterocycles. The summed E-state index contributed by atoms with van der Waals surface area (Å²) in [6.07, 6.45) is 5.00. The van der Waals surface area contributed by atoms with E-state index in [0.29, 0.717) is 13.2 Å². The third kappa shape index (κ3) is 9.35. The molecule has 0 aromatic carbocycles. The van der Waals surface area contributed by atoms with Crippen molar-refractivity contribution < 1.29 is 14.3 Å². The molecule has 2 amide bonds. The van der Waals surface area contributed by atoms with Crippen molar-refractivity contribution in [2.24, 2.45) is 0 Å². The highest BCUT2D eigenvalue weighted by molar-refractivity contribution is 5.81. The molecule has 0 rings (SSSR count). The van der Waals surface area contributed by atoms with Gasteiger partial charge in [-0.25, -0.2) is 0 Å². The lowest BCUT2D eigenvalue weighted by molar-refractivity contribution is -0.124. The van der Waals surface area contributed by atoms with Gasteiger partial charge in [0.2, 0.25) is 11.8 Å². The smallest absolute Gasteiger partial charge is 0.234 e. The lowest BCUT2D eigenvalue weighted by Gasteiger charge is -2.15. The fourth-order valence-electron chi connectivity index (χ4n) is 1.10. The molecular weight excluding hydrogens is 222 g/mol. The molecular formula is C11H19N3O3. The van der Waals surface area contributed by atoms with E-state index < -0.39 is 0 Å². The van der Waals surface area contributed by atoms with Crippen molar-refractivity contribution in [1.29, 1.82) is 0 Å². The second kappa shape index (κ2) is 9.63. The number of likely N-dealkylation sites (N-methyl/N-ethyl adjacent to an activating group) is 1. The molecule has 0 bridgehead atoms. The predicted octanol–water partition coefficient (Wildman–Crippen LogP) is -1.57. The van der Waals surface area contributed by atoms with Gasteiger partial charge in [-0.3, -0.25) is 14.5 Å². The van der Waals surface area contributed by atoms with E-state index in [4.69, 9.17) is 11.2 Å². The molecule has 0 fully saturated rings. The fraction of sp³-hybridized carbons (Fsp3) is 0.636. The Bertz CT molecular complexity index is 286. The summed E-state index contributed by atoms with van der Waals surface area (Å²) >= 11 is 0. The van der Waals surface area contributed by atoms with Crippen molar-refractivity contribution in [3.8, 4) is 12.3 Å². The number of ether oxygens (including phenoxy) is 1. The Kier molecular flexibility index (Phi) is 8.74. The number of nitrogens with zero attached hydrogens (tertiary/aromatic N) is 1. The van der Waals surface area contributed by atoms with Crippen LogP contribution in [0.1, 0.15) is 0 Å². The van der Waals surface area contributed by atoms with Gasteiger partial charge in [0.1, 0.15) is 0 Å². The average Bonchev–Trinajstić information content (AvgIpc) is 2.26. The van der Waals surface area contributed by atoms with E-state index in [2.05, 4.69) is 16.6 Å². The van der Waals surface area contributed by atoms with Crippen LogP contribution in [0.3, 0.4) is 0 Å². The zero-order valence-corrected chi connectivity index (χ0v) is 10.3. The van der Waals surface area contributed by atoms with Gasteiger partial charge in [-0.1, -0.05) is 5.92 Å². The maximum Gasteiger partial charge on any atom is 0.234 e. The van der Waals surface area contributed by atoms with E-state index in [0.717, 1.165) is 0 Å². The normalized spacial score (nSPS) is 9.76. The maximum atomic E-state index is 11.4. The van der Waals surface area contributed by atoms with Crippen molar-refractivity contribution in [2.45, 2.75) is 0 Å². The summed E-state index contributed by atoms with van der Waals surface area (Å²) in [5.41, 5.74) is 0. The third-order valence-electron chi connectivity index (χ3n) is 1.84. The highest BCUT2D eigenvalue weighted by atomic mass is 16.5. The standard InChI is InChI=1S/C11H19N3O3/c1-4-5-12-10(15)8-14(2)9-11(16)13-6-7-17-3/h1H,5-9H2,2-3H3,(H,12,15)(H,13,16). The number of nitrogens with one attached hydrogen (secondary N) is 2. The highest BCUT2D eigenvalue weighted by Gasteiger charge is 2.09. The van der Waals surface area contributed by atoms with E-state index in [1.807, 2.05) is 0 Å². The fourth-order valence-corrected chi connectivity index (χ4v) is 1.10. The van der Waals surface area contributed by atoms with Crippen LogP contribution in [0, 0.1) is 12.3 Å². The Labute approximate surface area is 102 Å². The van der Waals surface area contributed by atoms with Gasteiger partial charge in [0.25, 0.3) is 0 Å². The molecule has 0 atom stereocenters. The van der Waals surface area contributed by atoms with Crippen molar-refractivity contribution >= 4 is 11.8 Å². The number of amides is 2. The quantitative estimate of drug-likeness (QED) is 0.398. The van der Waals surface area contributed by atoms with Crippen molar-refractivity contribution in [1.82, 2.24) is 15.5 Å². The van der Waals surface area contributed by atoms with Crippen LogP contribution in [0.25, 0.3) is 0 Å². The van der Waals surface area contributed by atoms with E-state index >= 15 is 0 Å². The van der Waals surface area contributed by atoms with Crippen molar-refractivity contribution in [2.75, 3.05) is 46.9 Å². The second-order valence-corrected chi connectivity index (χ2v) is 3.50. The van der Waals surface area contributed by atoms with Gasteiger partial charge in [-0.2, -0.15) is 0 Å². The first-order valence-electron chi connectivity index (χ1n) is 5.24. The molecule has 0 aliphatic heterocycles. The van der Waals surface area contributed by atoms with Gasteiger partial charge in [0.15, 0.2) is 0 Å². The summed E-state index contributed by atoms with van der Waals surface area (Å²) in [6, 6.07) is 0. The Morgan fingerprint density at radius 3 is 2.41 bits per heavy atom. The molecule has 0 radical (unpaired) electrons. The van der Waals surface area contributed by atoms with Crippen LogP contribution in [-0.2, 0) is 14.3 Å². The molecule has 0 aromatic rings. The summed E-state index contributed by atoms with van der Waals surface area (Å²) in [5, 5.41) is 5.18. The minimum Gasteiger partial charge on any atom is -0.383 e. The van der Waals surface area contributed by atoms with E-state index in [1.54, 1.807) is 19.1 Å². The second-order valence-electron chi connectivity index (χ2n) is 3.50. The summed E-state index contributed by atoms with van der Waals surface area (Å²) < 4.78 is 4.79. The van der Waals surface area contributed by atoms with Gasteiger partial charge in [-0.05, 0) is 7.05 Å². The largest absolute Gasteiger partial charge is 0.383 e. The number of methoxy groups -OCH3 is 1. The molecule has 0 saturated heterocycles. The summed E-state index contributed by atoms with van der Waals surface area (Å²) in [4.78, 5) is 24.2. The van der Waals surface area contributed by atoms with Gasteiger partial charge in [0, 0.05) is 13.7 Å². The number of rotatable bonds is 8. The highest BCUT2D eigenvalue weighted by Crippen LogP contribution is 1.82. The average molecular weight is 241 g/mol. The molecule has 0 aromatic heterocycles. The van der Waals surface area contributed by atoms with Crippen LogP contribution in [0.15, 0.2) is 0 Å². The Morgan fingerprint density at radius 1 is 1.29 bits per heavy atom. The van der Waals surface area contributed by atoms with Crippen LogP contribution >= 0.6 is 0 Å². The first-order valence-corrected chi connectivity index (χ1v) is 5.24. The molecule has 6 heteroatoms. The number of terminal acetylenes is 1. The molecule has 2 N–H and O–H groups in total. The number of carbonyl (C=O) groups excluding carboxylic acids is 2. The predicted molar refractivity (Wildman–Crippen MR) is 64.2 cm³/mol. The lowest BCUT2D eigenvalue weighted by Crippen LogP contribution is -2.41. The molecule has 17 heavy (non-hydrogen) atoms. The molecule has 6 nitrogen and oxygen atoms in total. The zero-order valence-electron chi connectivity index (χ0n) is 10.3. The first-order chi connectivity index (χ1) is 8.10. The van der Waals surface area contributed by atoms with Crippen LogP contribution in [0.2, 0.25) is 0 Å². The molecule has 0 saturated carbocycles. The van der Waals surface area contributed by atoms with E-state index in [1.165, 1.54) is 0 Å². The van der Waals surface area contributed by atoms with E-state index in [9.17, 15) is 9.59 Å². The first kappa shape index (κ1) is 15.4. The monoisotopic (exact) mass is 241 g/mol. The van der Waals surface area contributed by atoms with Crippen LogP contribution in [0.5, 0.6) is 0 Å². The molecule has 0 aliphatic carbocycles. The van der Waals surface area contributed by atoms with Crippen LogP contribution < -0.4 is 10.6 Å². The Balaban J connectivity index is 3.70. The van der Waals surface area contributed by atoms with Crippen LogP contribution in [0.4, 0.5) is 0 Å². The molecule has 0 aliphatic rings. The van der Waals surface area contributed by atoms with E-state index in [-0.39, 0.29) is 31.4 Å².